The van der Waals surface area contributed by atoms with E-state index in [0.717, 1.165) is 18.8 Å². The zero-order chi connectivity index (χ0) is 15.3. The number of aromatic nitrogens is 1. The summed E-state index contributed by atoms with van der Waals surface area (Å²) in [7, 11) is 2.12. The van der Waals surface area contributed by atoms with E-state index in [9.17, 15) is 0 Å². The van der Waals surface area contributed by atoms with E-state index >= 15 is 0 Å². The molecule has 2 rings (SSSR count). The number of benzene rings is 1. The Bertz CT molecular complexity index is 558. The van der Waals surface area contributed by atoms with Gasteiger partial charge in [0.05, 0.1) is 12.2 Å². The van der Waals surface area contributed by atoms with Crippen LogP contribution in [0.25, 0.3) is 0 Å². The van der Waals surface area contributed by atoms with Crippen molar-refractivity contribution in [2.75, 3.05) is 11.9 Å². The Hall–Kier alpha value is -1.87. The summed E-state index contributed by atoms with van der Waals surface area (Å²) >= 11 is 0. The Morgan fingerprint density at radius 3 is 2.43 bits per heavy atom. The first-order valence-electron chi connectivity index (χ1n) is 7.40. The quantitative estimate of drug-likeness (QED) is 0.908. The largest absolute Gasteiger partial charge is 0.368 e. The molecule has 0 bridgehead atoms. The van der Waals surface area contributed by atoms with Gasteiger partial charge in [-0.05, 0) is 44.5 Å². The van der Waals surface area contributed by atoms with Gasteiger partial charge in [-0.1, -0.05) is 24.3 Å². The molecule has 1 aromatic carbocycles. The molecule has 0 saturated carbocycles. The lowest BCUT2D eigenvalue weighted by Crippen LogP contribution is -2.35. The molecule has 0 atom stereocenters. The van der Waals surface area contributed by atoms with Crippen molar-refractivity contribution >= 4 is 5.69 Å². The Morgan fingerprint density at radius 1 is 1.05 bits per heavy atom. The minimum atomic E-state index is 0.118. The molecule has 0 fully saturated rings. The molecule has 0 saturated heterocycles. The van der Waals surface area contributed by atoms with Gasteiger partial charge in [-0.2, -0.15) is 0 Å². The predicted octanol–water partition coefficient (Wildman–Crippen LogP) is 3.61. The van der Waals surface area contributed by atoms with Crippen LogP contribution in [0.5, 0.6) is 0 Å². The van der Waals surface area contributed by atoms with Crippen LogP contribution in [-0.2, 0) is 13.1 Å². The topological polar surface area (TPSA) is 28.2 Å². The first-order valence-corrected chi connectivity index (χ1v) is 7.40. The molecule has 21 heavy (non-hydrogen) atoms. The first-order chi connectivity index (χ1) is 9.96. The van der Waals surface area contributed by atoms with E-state index in [1.165, 1.54) is 11.3 Å². The van der Waals surface area contributed by atoms with Crippen LogP contribution >= 0.6 is 0 Å². The Kier molecular flexibility index (Phi) is 4.97. The van der Waals surface area contributed by atoms with Gasteiger partial charge in [0.1, 0.15) is 0 Å². The number of hydrogen-bond donors (Lipinski definition) is 1. The maximum Gasteiger partial charge on any atom is 0.0598 e. The lowest BCUT2D eigenvalue weighted by Gasteiger charge is -2.25. The smallest absolute Gasteiger partial charge is 0.0598 e. The summed E-state index contributed by atoms with van der Waals surface area (Å²) in [5.41, 5.74) is 3.76. The Labute approximate surface area is 128 Å². The first kappa shape index (κ1) is 15.5. The van der Waals surface area contributed by atoms with Crippen molar-refractivity contribution in [3.63, 3.8) is 0 Å². The van der Waals surface area contributed by atoms with Crippen LogP contribution in [0.4, 0.5) is 5.69 Å². The number of rotatable bonds is 5. The lowest BCUT2D eigenvalue weighted by molar-refractivity contribution is 0.424. The average molecular weight is 283 g/mol. The average Bonchev–Trinajstić information content (AvgIpc) is 2.46. The van der Waals surface area contributed by atoms with Crippen molar-refractivity contribution in [2.24, 2.45) is 0 Å². The number of nitrogens with one attached hydrogen (secondary N) is 1. The molecule has 1 N–H and O–H groups in total. The minimum Gasteiger partial charge on any atom is -0.368 e. The van der Waals surface area contributed by atoms with Gasteiger partial charge in [-0.25, -0.2) is 0 Å². The van der Waals surface area contributed by atoms with E-state index in [1.54, 1.807) is 0 Å². The van der Waals surface area contributed by atoms with Gasteiger partial charge < -0.3 is 10.2 Å². The number of pyridine rings is 1. The summed E-state index contributed by atoms with van der Waals surface area (Å²) in [4.78, 5) is 6.65. The lowest BCUT2D eigenvalue weighted by atomic mass is 10.1. The summed E-state index contributed by atoms with van der Waals surface area (Å²) in [5.74, 6) is 0. The molecule has 2 aromatic rings. The Balaban J connectivity index is 2.11. The van der Waals surface area contributed by atoms with Gasteiger partial charge in [0.25, 0.3) is 0 Å². The summed E-state index contributed by atoms with van der Waals surface area (Å²) in [5, 5.41) is 3.56. The molecule has 0 amide bonds. The van der Waals surface area contributed by atoms with Gasteiger partial charge in [0.2, 0.25) is 0 Å². The van der Waals surface area contributed by atoms with Crippen molar-refractivity contribution in [2.45, 2.75) is 39.4 Å². The zero-order valence-electron chi connectivity index (χ0n) is 13.4. The standard InChI is InChI=1S/C18H25N3/c1-18(2,3)20-13-15-9-5-6-11-17(15)21(4)14-16-10-7-8-12-19-16/h5-12,20H,13-14H2,1-4H3. The molecule has 0 spiro atoms. The van der Waals surface area contributed by atoms with E-state index < -0.39 is 0 Å². The van der Waals surface area contributed by atoms with Crippen LogP contribution in [0.2, 0.25) is 0 Å². The molecular weight excluding hydrogens is 258 g/mol. The van der Waals surface area contributed by atoms with E-state index in [4.69, 9.17) is 0 Å². The highest BCUT2D eigenvalue weighted by Gasteiger charge is 2.12. The van der Waals surface area contributed by atoms with E-state index in [-0.39, 0.29) is 5.54 Å². The Morgan fingerprint density at radius 2 is 1.76 bits per heavy atom. The predicted molar refractivity (Wildman–Crippen MR) is 89.4 cm³/mol. The second kappa shape index (κ2) is 6.72. The highest BCUT2D eigenvalue weighted by Crippen LogP contribution is 2.21. The molecule has 3 nitrogen and oxygen atoms in total. The fraction of sp³-hybridized carbons (Fsp3) is 0.389. The summed E-state index contributed by atoms with van der Waals surface area (Å²) in [6.45, 7) is 8.24. The molecule has 0 radical (unpaired) electrons. The number of nitrogens with zero attached hydrogens (tertiary/aromatic N) is 2. The SMILES string of the molecule is CN(Cc1ccccn1)c1ccccc1CNC(C)(C)C. The van der Waals surface area contributed by atoms with Crippen molar-refractivity contribution in [3.05, 3.63) is 59.9 Å². The maximum atomic E-state index is 4.40. The van der Waals surface area contributed by atoms with Gasteiger partial charge in [0, 0.05) is 31.0 Å². The molecule has 112 valence electrons. The van der Waals surface area contributed by atoms with Crippen LogP contribution < -0.4 is 10.2 Å². The summed E-state index contributed by atoms with van der Waals surface area (Å²) in [6, 6.07) is 14.6. The molecule has 3 heteroatoms. The summed E-state index contributed by atoms with van der Waals surface area (Å²) < 4.78 is 0. The van der Waals surface area contributed by atoms with Crippen molar-refractivity contribution in [1.29, 1.82) is 0 Å². The van der Waals surface area contributed by atoms with Gasteiger partial charge in [-0.3, -0.25) is 4.98 Å². The minimum absolute atomic E-state index is 0.118. The second-order valence-electron chi connectivity index (χ2n) is 6.41. The van der Waals surface area contributed by atoms with Gasteiger partial charge in [0.15, 0.2) is 0 Å². The van der Waals surface area contributed by atoms with Crippen LogP contribution in [0.1, 0.15) is 32.0 Å². The number of hydrogen-bond acceptors (Lipinski definition) is 3. The third-order valence-corrected chi connectivity index (χ3v) is 3.34. The molecule has 0 unspecified atom stereocenters. The maximum absolute atomic E-state index is 4.40. The van der Waals surface area contributed by atoms with Crippen LogP contribution in [0.3, 0.4) is 0 Å². The van der Waals surface area contributed by atoms with Crippen LogP contribution in [0, 0.1) is 0 Å². The molecule has 1 aromatic heterocycles. The van der Waals surface area contributed by atoms with E-state index in [2.05, 4.69) is 73.4 Å². The fourth-order valence-corrected chi connectivity index (χ4v) is 2.21. The van der Waals surface area contributed by atoms with Crippen LogP contribution in [-0.4, -0.2) is 17.6 Å². The molecule has 0 aliphatic carbocycles. The van der Waals surface area contributed by atoms with Crippen molar-refractivity contribution < 1.29 is 0 Å². The normalized spacial score (nSPS) is 11.4. The van der Waals surface area contributed by atoms with Gasteiger partial charge in [-0.15, -0.1) is 0 Å². The highest BCUT2D eigenvalue weighted by atomic mass is 15.1. The number of para-hydroxylation sites is 1. The molecular formula is C18H25N3. The second-order valence-corrected chi connectivity index (χ2v) is 6.41. The van der Waals surface area contributed by atoms with Crippen LogP contribution in [0.15, 0.2) is 48.7 Å². The van der Waals surface area contributed by atoms with Crippen molar-refractivity contribution in [1.82, 2.24) is 10.3 Å². The van der Waals surface area contributed by atoms with Gasteiger partial charge >= 0.3 is 0 Å². The molecule has 0 aliphatic rings. The monoisotopic (exact) mass is 283 g/mol. The van der Waals surface area contributed by atoms with Crippen molar-refractivity contribution in [3.8, 4) is 0 Å². The molecule has 1 heterocycles. The summed E-state index contributed by atoms with van der Waals surface area (Å²) in [6.07, 6.45) is 1.84. The van der Waals surface area contributed by atoms with E-state index in [0.29, 0.717) is 0 Å². The number of anilines is 1. The highest BCUT2D eigenvalue weighted by molar-refractivity contribution is 5.53. The fourth-order valence-electron chi connectivity index (χ4n) is 2.21. The third kappa shape index (κ3) is 4.87. The third-order valence-electron chi connectivity index (χ3n) is 3.34. The van der Waals surface area contributed by atoms with E-state index in [1.807, 2.05) is 18.3 Å². The molecule has 0 aliphatic heterocycles. The zero-order valence-corrected chi connectivity index (χ0v) is 13.4.